The van der Waals surface area contributed by atoms with Gasteiger partial charge in [0.25, 0.3) is 0 Å². The average Bonchev–Trinajstić information content (AvgIpc) is 3.24. The Kier molecular flexibility index (Phi) is 14.3. The molecule has 2 rings (SSSR count). The van der Waals surface area contributed by atoms with E-state index in [-0.39, 0.29) is 48.6 Å². The van der Waals surface area contributed by atoms with Crippen LogP contribution in [0.1, 0.15) is 39.5 Å². The summed E-state index contributed by atoms with van der Waals surface area (Å²) in [5.74, 6) is 1.16. The quantitative estimate of drug-likeness (QED) is 0.135. The highest BCUT2D eigenvalue weighted by atomic mass is 127. The molecular weight excluding hydrogens is 513 g/mol. The monoisotopic (exact) mass is 549 g/mol. The second kappa shape index (κ2) is 16.1. The van der Waals surface area contributed by atoms with E-state index < -0.39 is 0 Å². The van der Waals surface area contributed by atoms with Crippen molar-refractivity contribution in [3.8, 4) is 5.75 Å². The summed E-state index contributed by atoms with van der Waals surface area (Å²) in [4.78, 5) is 15.9. The van der Waals surface area contributed by atoms with Crippen LogP contribution in [0.4, 0.5) is 5.69 Å². The van der Waals surface area contributed by atoms with E-state index in [1.165, 1.54) is 7.11 Å². The lowest BCUT2D eigenvalue weighted by Gasteiger charge is -2.14. The number of rotatable bonds is 12. The smallest absolute Gasteiger partial charge is 0.307 e. The Hall–Kier alpha value is -1.59. The molecule has 8 nitrogen and oxygen atoms in total. The molecule has 2 N–H and O–H groups in total. The van der Waals surface area contributed by atoms with E-state index in [2.05, 4.69) is 20.4 Å². The lowest BCUT2D eigenvalue weighted by Crippen LogP contribution is -2.33. The van der Waals surface area contributed by atoms with Crippen molar-refractivity contribution in [3.63, 3.8) is 0 Å². The van der Waals surface area contributed by atoms with Gasteiger partial charge in [0.2, 0.25) is 0 Å². The van der Waals surface area contributed by atoms with E-state index in [0.29, 0.717) is 32.3 Å². The molecule has 31 heavy (non-hydrogen) atoms. The summed E-state index contributed by atoms with van der Waals surface area (Å²) in [6.07, 6.45) is 3.64. The SMILES string of the molecule is COC(=O)CCNC(=NCCCOCC1CCCO1)Nc1ccc(OC(C)C)cc1.I. The maximum Gasteiger partial charge on any atom is 0.307 e. The molecule has 1 atom stereocenters. The van der Waals surface area contributed by atoms with Gasteiger partial charge in [0.15, 0.2) is 5.96 Å². The third kappa shape index (κ3) is 12.1. The van der Waals surface area contributed by atoms with Crippen molar-refractivity contribution in [1.29, 1.82) is 0 Å². The fourth-order valence-corrected chi connectivity index (χ4v) is 2.90. The zero-order valence-electron chi connectivity index (χ0n) is 18.7. The first-order valence-electron chi connectivity index (χ1n) is 10.6. The number of anilines is 1. The van der Waals surface area contributed by atoms with Crippen LogP contribution in [0.15, 0.2) is 29.3 Å². The van der Waals surface area contributed by atoms with Crippen molar-refractivity contribution in [2.75, 3.05) is 45.3 Å². The topological polar surface area (TPSA) is 90.4 Å². The van der Waals surface area contributed by atoms with Crippen LogP contribution in [0.2, 0.25) is 0 Å². The van der Waals surface area contributed by atoms with Gasteiger partial charge in [-0.1, -0.05) is 0 Å². The predicted octanol–water partition coefficient (Wildman–Crippen LogP) is 3.60. The number of hydrogen-bond acceptors (Lipinski definition) is 6. The molecule has 0 aromatic heterocycles. The molecule has 1 aromatic carbocycles. The minimum Gasteiger partial charge on any atom is -0.491 e. The first kappa shape index (κ1) is 27.4. The Balaban J connectivity index is 0.00000480. The fourth-order valence-electron chi connectivity index (χ4n) is 2.90. The van der Waals surface area contributed by atoms with Crippen LogP contribution in [0.3, 0.4) is 0 Å². The van der Waals surface area contributed by atoms with Crippen molar-refractivity contribution >= 4 is 41.6 Å². The molecule has 1 fully saturated rings. The maximum atomic E-state index is 11.4. The molecule has 1 saturated heterocycles. The molecule has 176 valence electrons. The number of nitrogens with one attached hydrogen (secondary N) is 2. The number of carbonyl (C=O) groups is 1. The number of halogens is 1. The summed E-state index contributed by atoms with van der Waals surface area (Å²) in [5.41, 5.74) is 0.880. The van der Waals surface area contributed by atoms with Crippen LogP contribution < -0.4 is 15.4 Å². The van der Waals surface area contributed by atoms with Crippen molar-refractivity contribution in [2.45, 2.75) is 51.7 Å². The largest absolute Gasteiger partial charge is 0.491 e. The molecule has 0 aliphatic carbocycles. The lowest BCUT2D eigenvalue weighted by molar-refractivity contribution is -0.140. The van der Waals surface area contributed by atoms with Gasteiger partial charge in [-0.25, -0.2) is 0 Å². The van der Waals surface area contributed by atoms with Gasteiger partial charge >= 0.3 is 5.97 Å². The van der Waals surface area contributed by atoms with E-state index in [1.807, 2.05) is 38.1 Å². The number of ether oxygens (including phenoxy) is 4. The van der Waals surface area contributed by atoms with Gasteiger partial charge in [0.05, 0.1) is 32.3 Å². The highest BCUT2D eigenvalue weighted by Gasteiger charge is 2.14. The Labute approximate surface area is 202 Å². The molecule has 1 aliphatic rings. The standard InChI is InChI=1S/C22H35N3O5.HI/c1-17(2)30-19-9-7-18(8-10-19)25-22(24-13-11-21(26)27-3)23-12-5-14-28-16-20-6-4-15-29-20;/h7-10,17,20H,4-6,11-16H2,1-3H3,(H2,23,24,25);1H. The van der Waals surface area contributed by atoms with Gasteiger partial charge in [0, 0.05) is 32.0 Å². The molecule has 0 bridgehead atoms. The summed E-state index contributed by atoms with van der Waals surface area (Å²) in [6.45, 7) is 7.15. The van der Waals surface area contributed by atoms with Crippen molar-refractivity contribution < 1.29 is 23.7 Å². The maximum absolute atomic E-state index is 11.4. The highest BCUT2D eigenvalue weighted by molar-refractivity contribution is 14.0. The van der Waals surface area contributed by atoms with E-state index in [1.54, 1.807) is 0 Å². The number of esters is 1. The first-order chi connectivity index (χ1) is 14.6. The zero-order valence-corrected chi connectivity index (χ0v) is 21.1. The molecular formula is C22H36IN3O5. The molecule has 1 heterocycles. The summed E-state index contributed by atoms with van der Waals surface area (Å²) < 4.78 is 21.6. The highest BCUT2D eigenvalue weighted by Crippen LogP contribution is 2.17. The molecule has 9 heteroatoms. The van der Waals surface area contributed by atoms with Gasteiger partial charge in [0.1, 0.15) is 5.75 Å². The number of benzene rings is 1. The summed E-state index contributed by atoms with van der Waals surface area (Å²) in [5, 5.41) is 6.42. The minimum atomic E-state index is -0.264. The Morgan fingerprint density at radius 1 is 1.29 bits per heavy atom. The van der Waals surface area contributed by atoms with Crippen LogP contribution in [-0.4, -0.2) is 64.2 Å². The van der Waals surface area contributed by atoms with Crippen LogP contribution >= 0.6 is 24.0 Å². The van der Waals surface area contributed by atoms with Gasteiger partial charge in [-0.2, -0.15) is 0 Å². The molecule has 1 aliphatic heterocycles. The van der Waals surface area contributed by atoms with Crippen LogP contribution in [0.5, 0.6) is 5.75 Å². The summed E-state index contributed by atoms with van der Waals surface area (Å²) in [7, 11) is 1.38. The van der Waals surface area contributed by atoms with Crippen LogP contribution in [0, 0.1) is 0 Å². The molecule has 0 saturated carbocycles. The number of nitrogens with zero attached hydrogens (tertiary/aromatic N) is 1. The molecule has 0 amide bonds. The van der Waals surface area contributed by atoms with Gasteiger partial charge in [-0.05, 0) is 57.4 Å². The van der Waals surface area contributed by atoms with Crippen molar-refractivity contribution in [1.82, 2.24) is 5.32 Å². The Bertz CT molecular complexity index is 649. The van der Waals surface area contributed by atoms with Crippen LogP contribution in [0.25, 0.3) is 0 Å². The van der Waals surface area contributed by atoms with E-state index in [9.17, 15) is 4.79 Å². The Morgan fingerprint density at radius 2 is 2.06 bits per heavy atom. The second-order valence-electron chi connectivity index (χ2n) is 7.36. The molecule has 0 spiro atoms. The fraction of sp³-hybridized carbons (Fsp3) is 0.636. The third-order valence-corrected chi connectivity index (χ3v) is 4.38. The third-order valence-electron chi connectivity index (χ3n) is 4.38. The normalized spacial score (nSPS) is 16.0. The average molecular weight is 549 g/mol. The van der Waals surface area contributed by atoms with Crippen molar-refractivity contribution in [3.05, 3.63) is 24.3 Å². The molecule has 1 aromatic rings. The van der Waals surface area contributed by atoms with Crippen LogP contribution in [-0.2, 0) is 19.0 Å². The number of guanidine groups is 1. The Morgan fingerprint density at radius 3 is 2.71 bits per heavy atom. The van der Waals surface area contributed by atoms with E-state index in [4.69, 9.17) is 14.2 Å². The number of hydrogen-bond donors (Lipinski definition) is 2. The van der Waals surface area contributed by atoms with Gasteiger partial charge < -0.3 is 29.6 Å². The number of methoxy groups -OCH3 is 1. The van der Waals surface area contributed by atoms with Gasteiger partial charge in [-0.3, -0.25) is 9.79 Å². The van der Waals surface area contributed by atoms with Gasteiger partial charge in [-0.15, -0.1) is 24.0 Å². The second-order valence-corrected chi connectivity index (χ2v) is 7.36. The predicted molar refractivity (Wildman–Crippen MR) is 133 cm³/mol. The molecule has 1 unspecified atom stereocenters. The summed E-state index contributed by atoms with van der Waals surface area (Å²) >= 11 is 0. The molecule has 0 radical (unpaired) electrons. The number of aliphatic imine (C=N–C) groups is 1. The van der Waals surface area contributed by atoms with E-state index in [0.717, 1.165) is 37.3 Å². The lowest BCUT2D eigenvalue weighted by atomic mass is 10.2. The number of carbonyl (C=O) groups excluding carboxylic acids is 1. The van der Waals surface area contributed by atoms with Crippen molar-refractivity contribution in [2.24, 2.45) is 4.99 Å². The van der Waals surface area contributed by atoms with E-state index >= 15 is 0 Å². The zero-order chi connectivity index (χ0) is 21.6. The minimum absolute atomic E-state index is 0. The summed E-state index contributed by atoms with van der Waals surface area (Å²) in [6, 6.07) is 7.68. The first-order valence-corrected chi connectivity index (χ1v) is 10.6.